The van der Waals surface area contributed by atoms with E-state index in [1.807, 2.05) is 29.5 Å². The third kappa shape index (κ3) is 2.73. The summed E-state index contributed by atoms with van der Waals surface area (Å²) in [6.07, 6.45) is -3.17. The van der Waals surface area contributed by atoms with Crippen LogP contribution in [0.3, 0.4) is 0 Å². The van der Waals surface area contributed by atoms with Crippen LogP contribution < -0.4 is 5.32 Å². The Bertz CT molecular complexity index is 325. The molecule has 0 aliphatic rings. The zero-order valence-electron chi connectivity index (χ0n) is 7.32. The minimum Gasteiger partial charge on any atom is -0.384 e. The van der Waals surface area contributed by atoms with Gasteiger partial charge < -0.3 is 5.32 Å². The van der Waals surface area contributed by atoms with E-state index >= 15 is 0 Å². The van der Waals surface area contributed by atoms with Crippen molar-refractivity contribution in [3.05, 3.63) is 21.5 Å². The van der Waals surface area contributed by atoms with Crippen LogP contribution in [0.25, 0.3) is 0 Å². The number of rotatable bonds is 2. The van der Waals surface area contributed by atoms with Crippen LogP contribution in [0.15, 0.2) is 12.3 Å². The third-order valence-electron chi connectivity index (χ3n) is 1.51. The summed E-state index contributed by atoms with van der Waals surface area (Å²) in [5, 5.41) is 2.84. The molecule has 0 aliphatic carbocycles. The van der Waals surface area contributed by atoms with E-state index in [-0.39, 0.29) is 0 Å². The molecule has 2 nitrogen and oxygen atoms in total. The SMILES string of the molecule is CCNc1cc(C(F)(F)F)ncc1I. The smallest absolute Gasteiger partial charge is 0.384 e. The summed E-state index contributed by atoms with van der Waals surface area (Å²) in [7, 11) is 0. The lowest BCUT2D eigenvalue weighted by atomic mass is 10.3. The van der Waals surface area contributed by atoms with Gasteiger partial charge in [0.1, 0.15) is 5.69 Å². The zero-order chi connectivity index (χ0) is 10.8. The van der Waals surface area contributed by atoms with Gasteiger partial charge in [-0.05, 0) is 35.6 Å². The molecule has 0 atom stereocenters. The summed E-state index contributed by atoms with van der Waals surface area (Å²) in [5.74, 6) is 0. The summed E-state index contributed by atoms with van der Waals surface area (Å²) in [6.45, 7) is 2.40. The number of hydrogen-bond donors (Lipinski definition) is 1. The number of aromatic nitrogens is 1. The molecule has 78 valence electrons. The highest BCUT2D eigenvalue weighted by Gasteiger charge is 2.32. The fraction of sp³-hybridized carbons (Fsp3) is 0.375. The van der Waals surface area contributed by atoms with Gasteiger partial charge in [-0.3, -0.25) is 4.98 Å². The van der Waals surface area contributed by atoms with E-state index in [1.165, 1.54) is 6.20 Å². The Labute approximate surface area is 93.1 Å². The Morgan fingerprint density at radius 3 is 2.64 bits per heavy atom. The average molecular weight is 316 g/mol. The number of hydrogen-bond acceptors (Lipinski definition) is 2. The van der Waals surface area contributed by atoms with Crippen molar-refractivity contribution in [3.63, 3.8) is 0 Å². The first-order valence-electron chi connectivity index (χ1n) is 3.91. The molecule has 1 N–H and O–H groups in total. The molecule has 0 aliphatic heterocycles. The van der Waals surface area contributed by atoms with Crippen LogP contribution in [-0.2, 0) is 6.18 Å². The monoisotopic (exact) mass is 316 g/mol. The maximum absolute atomic E-state index is 12.2. The van der Waals surface area contributed by atoms with Gasteiger partial charge in [-0.25, -0.2) is 0 Å². The molecular formula is C8H8F3IN2. The summed E-state index contributed by atoms with van der Waals surface area (Å²) < 4.78 is 37.4. The fourth-order valence-corrected chi connectivity index (χ4v) is 1.41. The Balaban J connectivity index is 3.06. The van der Waals surface area contributed by atoms with Gasteiger partial charge in [0.2, 0.25) is 0 Å². The standard InChI is InChI=1S/C8H8F3IN2/c1-2-13-6-3-7(8(9,10)11)14-4-5(6)12/h3-4H,2H2,1H3,(H,13,14). The minimum atomic E-state index is -4.38. The molecule has 0 amide bonds. The minimum absolute atomic E-state index is 0.468. The van der Waals surface area contributed by atoms with Crippen molar-refractivity contribution < 1.29 is 13.2 Å². The van der Waals surface area contributed by atoms with Crippen molar-refractivity contribution in [1.29, 1.82) is 0 Å². The van der Waals surface area contributed by atoms with Gasteiger partial charge in [0.25, 0.3) is 0 Å². The number of nitrogens with zero attached hydrogens (tertiary/aromatic N) is 1. The molecule has 0 saturated carbocycles. The normalized spacial score (nSPS) is 11.5. The van der Waals surface area contributed by atoms with Crippen LogP contribution in [0.2, 0.25) is 0 Å². The maximum Gasteiger partial charge on any atom is 0.433 e. The van der Waals surface area contributed by atoms with Gasteiger partial charge in [0.05, 0.1) is 9.26 Å². The van der Waals surface area contributed by atoms with E-state index in [0.29, 0.717) is 15.8 Å². The number of pyridine rings is 1. The number of alkyl halides is 3. The third-order valence-corrected chi connectivity index (χ3v) is 2.37. The lowest BCUT2D eigenvalue weighted by molar-refractivity contribution is -0.141. The molecule has 0 radical (unpaired) electrons. The number of nitrogens with one attached hydrogen (secondary N) is 1. The first-order chi connectivity index (χ1) is 6.45. The molecule has 6 heteroatoms. The molecule has 1 aromatic heterocycles. The molecule has 0 saturated heterocycles. The Morgan fingerprint density at radius 1 is 1.50 bits per heavy atom. The van der Waals surface area contributed by atoms with Crippen molar-refractivity contribution in [1.82, 2.24) is 4.98 Å². The van der Waals surface area contributed by atoms with Gasteiger partial charge in [0, 0.05) is 12.7 Å². The highest BCUT2D eigenvalue weighted by Crippen LogP contribution is 2.30. The topological polar surface area (TPSA) is 24.9 Å². The predicted molar refractivity (Wildman–Crippen MR) is 56.1 cm³/mol. The van der Waals surface area contributed by atoms with E-state index in [0.717, 1.165) is 6.07 Å². The van der Waals surface area contributed by atoms with Gasteiger partial charge in [-0.2, -0.15) is 13.2 Å². The molecule has 1 aromatic rings. The van der Waals surface area contributed by atoms with Crippen LogP contribution in [0, 0.1) is 3.57 Å². The molecular weight excluding hydrogens is 308 g/mol. The van der Waals surface area contributed by atoms with Crippen LogP contribution in [0.1, 0.15) is 12.6 Å². The van der Waals surface area contributed by atoms with Crippen LogP contribution >= 0.6 is 22.6 Å². The Morgan fingerprint density at radius 2 is 2.14 bits per heavy atom. The molecule has 1 rings (SSSR count). The molecule has 0 fully saturated rings. The van der Waals surface area contributed by atoms with E-state index in [4.69, 9.17) is 0 Å². The van der Waals surface area contributed by atoms with Crippen molar-refractivity contribution >= 4 is 28.3 Å². The van der Waals surface area contributed by atoms with Gasteiger partial charge in [-0.1, -0.05) is 0 Å². The molecule has 0 spiro atoms. The lowest BCUT2D eigenvalue weighted by Crippen LogP contribution is -2.10. The van der Waals surface area contributed by atoms with Crippen LogP contribution in [0.5, 0.6) is 0 Å². The second-order valence-electron chi connectivity index (χ2n) is 2.58. The molecule has 0 bridgehead atoms. The fourth-order valence-electron chi connectivity index (χ4n) is 0.920. The Kier molecular flexibility index (Phi) is 3.57. The maximum atomic E-state index is 12.2. The predicted octanol–water partition coefficient (Wildman–Crippen LogP) is 3.14. The lowest BCUT2D eigenvalue weighted by Gasteiger charge is -2.10. The summed E-state index contributed by atoms with van der Waals surface area (Å²) >= 11 is 1.94. The largest absolute Gasteiger partial charge is 0.433 e. The summed E-state index contributed by atoms with van der Waals surface area (Å²) in [5.41, 5.74) is -0.399. The van der Waals surface area contributed by atoms with E-state index in [1.54, 1.807) is 0 Å². The van der Waals surface area contributed by atoms with E-state index in [9.17, 15) is 13.2 Å². The number of anilines is 1. The second kappa shape index (κ2) is 4.33. The second-order valence-corrected chi connectivity index (χ2v) is 3.74. The zero-order valence-corrected chi connectivity index (χ0v) is 9.48. The highest BCUT2D eigenvalue weighted by molar-refractivity contribution is 14.1. The van der Waals surface area contributed by atoms with Gasteiger partial charge >= 0.3 is 6.18 Å². The van der Waals surface area contributed by atoms with Gasteiger partial charge in [-0.15, -0.1) is 0 Å². The van der Waals surface area contributed by atoms with Crippen molar-refractivity contribution in [2.45, 2.75) is 13.1 Å². The van der Waals surface area contributed by atoms with Crippen molar-refractivity contribution in [2.75, 3.05) is 11.9 Å². The summed E-state index contributed by atoms with van der Waals surface area (Å²) in [4.78, 5) is 3.32. The van der Waals surface area contributed by atoms with Crippen molar-refractivity contribution in [3.8, 4) is 0 Å². The van der Waals surface area contributed by atoms with Crippen LogP contribution in [0.4, 0.5) is 18.9 Å². The molecule has 0 aromatic carbocycles. The first kappa shape index (κ1) is 11.5. The first-order valence-corrected chi connectivity index (χ1v) is 4.99. The molecule has 1 heterocycles. The number of halogens is 4. The van der Waals surface area contributed by atoms with E-state index in [2.05, 4.69) is 10.3 Å². The van der Waals surface area contributed by atoms with Crippen molar-refractivity contribution in [2.24, 2.45) is 0 Å². The summed E-state index contributed by atoms with van der Waals surface area (Å²) in [6, 6.07) is 1.02. The Hall–Kier alpha value is -0.530. The van der Waals surface area contributed by atoms with Crippen LogP contribution in [-0.4, -0.2) is 11.5 Å². The van der Waals surface area contributed by atoms with E-state index < -0.39 is 11.9 Å². The molecule has 14 heavy (non-hydrogen) atoms. The average Bonchev–Trinajstić information content (AvgIpc) is 2.07. The quantitative estimate of drug-likeness (QED) is 0.848. The van der Waals surface area contributed by atoms with Gasteiger partial charge in [0.15, 0.2) is 0 Å². The highest BCUT2D eigenvalue weighted by atomic mass is 127. The molecule has 0 unspecified atom stereocenters.